The van der Waals surface area contributed by atoms with Crippen molar-refractivity contribution in [3.63, 3.8) is 0 Å². The van der Waals surface area contributed by atoms with Crippen LogP contribution in [0.5, 0.6) is 0 Å². The van der Waals surface area contributed by atoms with E-state index in [2.05, 4.69) is 28.7 Å². The fraction of sp³-hybridized carbons (Fsp3) is 0.450. The first kappa shape index (κ1) is 19.1. The number of nitrogens with two attached hydrogens (primary N) is 1. The summed E-state index contributed by atoms with van der Waals surface area (Å²) in [4.78, 5) is 35.9. The molecule has 1 aliphatic rings. The van der Waals surface area contributed by atoms with E-state index in [0.717, 1.165) is 48.8 Å². The quantitative estimate of drug-likeness (QED) is 0.778. The van der Waals surface area contributed by atoms with Gasteiger partial charge in [0.05, 0.1) is 17.9 Å². The molecule has 2 aromatic rings. The predicted molar refractivity (Wildman–Crippen MR) is 104 cm³/mol. The maximum absolute atomic E-state index is 12.5. The number of hydrogen-bond donors (Lipinski definition) is 2. The lowest BCUT2D eigenvalue weighted by atomic mass is 10.1. The molecule has 1 aromatic carbocycles. The van der Waals surface area contributed by atoms with E-state index in [9.17, 15) is 9.59 Å². The summed E-state index contributed by atoms with van der Waals surface area (Å²) in [5, 5.41) is 0. The van der Waals surface area contributed by atoms with Crippen molar-refractivity contribution in [2.45, 2.75) is 33.2 Å². The van der Waals surface area contributed by atoms with E-state index < -0.39 is 5.91 Å². The average molecular weight is 369 g/mol. The summed E-state index contributed by atoms with van der Waals surface area (Å²) in [7, 11) is 0. The van der Waals surface area contributed by atoms with E-state index in [-0.39, 0.29) is 5.91 Å². The number of nitrogens with zero attached hydrogens (tertiary/aromatic N) is 3. The highest BCUT2D eigenvalue weighted by Gasteiger charge is 2.24. The number of hydrogen-bond acceptors (Lipinski definition) is 4. The van der Waals surface area contributed by atoms with Gasteiger partial charge in [0.25, 0.3) is 0 Å². The third kappa shape index (κ3) is 4.36. The summed E-state index contributed by atoms with van der Waals surface area (Å²) >= 11 is 0. The van der Waals surface area contributed by atoms with Gasteiger partial charge in [-0.05, 0) is 25.2 Å². The van der Waals surface area contributed by atoms with Crippen LogP contribution < -0.4 is 5.73 Å². The third-order valence-corrected chi connectivity index (χ3v) is 5.16. The van der Waals surface area contributed by atoms with Gasteiger partial charge in [-0.2, -0.15) is 0 Å². The summed E-state index contributed by atoms with van der Waals surface area (Å²) in [6, 6.07) is 7.05. The lowest BCUT2D eigenvalue weighted by Gasteiger charge is -2.27. The van der Waals surface area contributed by atoms with Crippen LogP contribution in [0.15, 0.2) is 24.3 Å². The zero-order chi connectivity index (χ0) is 19.4. The molecule has 7 heteroatoms. The first-order valence-corrected chi connectivity index (χ1v) is 9.50. The highest BCUT2D eigenvalue weighted by Crippen LogP contribution is 2.23. The van der Waals surface area contributed by atoms with Crippen LogP contribution in [0, 0.1) is 0 Å². The SMILES string of the molecule is CCN(CC)CCC(=O)N1CCc2nc(-c3ccc(C(N)=O)cc3)[nH]c2C1. The van der Waals surface area contributed by atoms with Crippen LogP contribution in [0.4, 0.5) is 0 Å². The van der Waals surface area contributed by atoms with Gasteiger partial charge in [0, 0.05) is 37.1 Å². The lowest BCUT2D eigenvalue weighted by molar-refractivity contribution is -0.132. The Morgan fingerprint density at radius 1 is 1.22 bits per heavy atom. The second-order valence-electron chi connectivity index (χ2n) is 6.79. The van der Waals surface area contributed by atoms with Crippen molar-refractivity contribution in [3.05, 3.63) is 41.2 Å². The number of primary amides is 1. The van der Waals surface area contributed by atoms with Crippen molar-refractivity contribution in [1.29, 1.82) is 0 Å². The van der Waals surface area contributed by atoms with Gasteiger partial charge in [0.1, 0.15) is 5.82 Å². The van der Waals surface area contributed by atoms with Gasteiger partial charge in [0.2, 0.25) is 11.8 Å². The highest BCUT2D eigenvalue weighted by atomic mass is 16.2. The fourth-order valence-corrected chi connectivity index (χ4v) is 3.39. The minimum atomic E-state index is -0.445. The standard InChI is InChI=1S/C20H27N5O2/c1-3-24(4-2)11-10-18(26)25-12-9-16-17(13-25)23-20(22-16)15-7-5-14(6-8-15)19(21)27/h5-8H,3-4,9-13H2,1-2H3,(H2,21,27)(H,22,23). The highest BCUT2D eigenvalue weighted by molar-refractivity contribution is 5.93. The van der Waals surface area contributed by atoms with Crippen LogP contribution in [0.25, 0.3) is 11.4 Å². The van der Waals surface area contributed by atoms with E-state index in [1.54, 1.807) is 12.1 Å². The van der Waals surface area contributed by atoms with E-state index in [0.29, 0.717) is 25.1 Å². The lowest BCUT2D eigenvalue weighted by Crippen LogP contribution is -2.38. The van der Waals surface area contributed by atoms with E-state index >= 15 is 0 Å². The van der Waals surface area contributed by atoms with Crippen molar-refractivity contribution < 1.29 is 9.59 Å². The normalized spacial score (nSPS) is 13.7. The number of H-pyrrole nitrogens is 1. The summed E-state index contributed by atoms with van der Waals surface area (Å²) in [5.41, 5.74) is 8.66. The molecule has 27 heavy (non-hydrogen) atoms. The van der Waals surface area contributed by atoms with Crippen molar-refractivity contribution in [2.75, 3.05) is 26.2 Å². The van der Waals surface area contributed by atoms with E-state index in [4.69, 9.17) is 5.73 Å². The Hall–Kier alpha value is -2.67. The molecule has 0 saturated carbocycles. The van der Waals surface area contributed by atoms with Crippen LogP contribution in [0.3, 0.4) is 0 Å². The zero-order valence-electron chi connectivity index (χ0n) is 16.0. The summed E-state index contributed by atoms with van der Waals surface area (Å²) in [5.74, 6) is 0.502. The van der Waals surface area contributed by atoms with E-state index in [1.165, 1.54) is 0 Å². The number of fused-ring (bicyclic) bond motifs is 1. The van der Waals surface area contributed by atoms with Gasteiger partial charge in [0.15, 0.2) is 0 Å². The average Bonchev–Trinajstić information content (AvgIpc) is 3.12. The number of aromatic nitrogens is 2. The molecular weight excluding hydrogens is 342 g/mol. The summed E-state index contributed by atoms with van der Waals surface area (Å²) in [6.07, 6.45) is 1.30. The third-order valence-electron chi connectivity index (χ3n) is 5.16. The Kier molecular flexibility index (Phi) is 5.91. The molecule has 144 valence electrons. The minimum Gasteiger partial charge on any atom is -0.366 e. The predicted octanol–water partition coefficient (Wildman–Crippen LogP) is 1.79. The van der Waals surface area contributed by atoms with Crippen molar-refractivity contribution >= 4 is 11.8 Å². The van der Waals surface area contributed by atoms with Gasteiger partial charge in [-0.25, -0.2) is 4.98 Å². The topological polar surface area (TPSA) is 95.3 Å². The Bertz CT molecular complexity index is 808. The molecule has 1 aliphatic heterocycles. The van der Waals surface area contributed by atoms with Gasteiger partial charge in [-0.1, -0.05) is 26.0 Å². The summed E-state index contributed by atoms with van der Waals surface area (Å²) < 4.78 is 0. The van der Waals surface area contributed by atoms with Crippen LogP contribution in [-0.2, 0) is 17.8 Å². The van der Waals surface area contributed by atoms with Gasteiger partial charge >= 0.3 is 0 Å². The number of carbonyl (C=O) groups excluding carboxylic acids is 2. The zero-order valence-corrected chi connectivity index (χ0v) is 16.0. The number of rotatable bonds is 7. The van der Waals surface area contributed by atoms with Gasteiger partial charge < -0.3 is 20.5 Å². The van der Waals surface area contributed by atoms with Crippen LogP contribution >= 0.6 is 0 Å². The molecule has 0 saturated heterocycles. The van der Waals surface area contributed by atoms with E-state index in [1.807, 2.05) is 17.0 Å². The molecule has 0 radical (unpaired) electrons. The van der Waals surface area contributed by atoms with Crippen molar-refractivity contribution in [3.8, 4) is 11.4 Å². The molecular formula is C20H27N5O2. The van der Waals surface area contributed by atoms with Gasteiger partial charge in [-0.15, -0.1) is 0 Å². The molecule has 1 aromatic heterocycles. The monoisotopic (exact) mass is 369 g/mol. The Balaban J connectivity index is 1.66. The first-order chi connectivity index (χ1) is 13.0. The largest absolute Gasteiger partial charge is 0.366 e. The molecule has 0 unspecified atom stereocenters. The molecule has 0 aliphatic carbocycles. The fourth-order valence-electron chi connectivity index (χ4n) is 3.39. The molecule has 0 spiro atoms. The van der Waals surface area contributed by atoms with Crippen LogP contribution in [0.1, 0.15) is 42.0 Å². The van der Waals surface area contributed by atoms with Gasteiger partial charge in [-0.3, -0.25) is 9.59 Å². The maximum Gasteiger partial charge on any atom is 0.248 e. The maximum atomic E-state index is 12.5. The summed E-state index contributed by atoms with van der Waals surface area (Å²) in [6.45, 7) is 8.23. The smallest absolute Gasteiger partial charge is 0.248 e. The number of imidazole rings is 1. The molecule has 0 fully saturated rings. The Morgan fingerprint density at radius 2 is 1.93 bits per heavy atom. The first-order valence-electron chi connectivity index (χ1n) is 9.50. The number of carbonyl (C=O) groups is 2. The molecule has 2 amide bonds. The Labute approximate surface area is 159 Å². The number of aromatic amines is 1. The Morgan fingerprint density at radius 3 is 2.56 bits per heavy atom. The second-order valence-corrected chi connectivity index (χ2v) is 6.79. The number of benzene rings is 1. The van der Waals surface area contributed by atoms with Crippen LogP contribution in [0.2, 0.25) is 0 Å². The minimum absolute atomic E-state index is 0.189. The second kappa shape index (κ2) is 8.35. The molecule has 3 rings (SSSR count). The number of nitrogens with one attached hydrogen (secondary N) is 1. The molecule has 2 heterocycles. The molecule has 3 N–H and O–H groups in total. The van der Waals surface area contributed by atoms with Crippen molar-refractivity contribution in [1.82, 2.24) is 19.8 Å². The molecule has 0 atom stereocenters. The van der Waals surface area contributed by atoms with Crippen molar-refractivity contribution in [2.24, 2.45) is 5.73 Å². The molecule has 0 bridgehead atoms. The molecule has 7 nitrogen and oxygen atoms in total. The number of amides is 2. The van der Waals surface area contributed by atoms with Crippen LogP contribution in [-0.4, -0.2) is 57.8 Å².